The molecule has 6 aromatic rings. The molecule has 0 amide bonds. The fourth-order valence-corrected chi connectivity index (χ4v) is 16.4. The zero-order valence-corrected chi connectivity index (χ0v) is 41.9. The van der Waals surface area contributed by atoms with Crippen molar-refractivity contribution >= 4 is 23.6 Å². The van der Waals surface area contributed by atoms with E-state index < -0.39 is 8.07 Å². The summed E-state index contributed by atoms with van der Waals surface area (Å²) in [7, 11) is -2.93. The first kappa shape index (κ1) is 50.0. The van der Waals surface area contributed by atoms with Gasteiger partial charge in [0.2, 0.25) is 0 Å². The maximum absolute atomic E-state index is 4.18. The van der Waals surface area contributed by atoms with Crippen LogP contribution in [0.25, 0.3) is 33.4 Å². The van der Waals surface area contributed by atoms with Crippen molar-refractivity contribution in [3.63, 3.8) is 0 Å². The molecule has 6 aromatic carbocycles. The second kappa shape index (κ2) is 19.1. The Bertz CT molecular complexity index is 2230. The molecule has 0 N–H and O–H groups in total. The molecule has 302 valence electrons. The van der Waals surface area contributed by atoms with Gasteiger partial charge in [-0.2, -0.15) is 11.1 Å². The number of allylic oxidation sites excluding steroid dienone is 4. The van der Waals surface area contributed by atoms with Crippen LogP contribution in [0.5, 0.6) is 0 Å². The molecule has 1 atom stereocenters. The van der Waals surface area contributed by atoms with Gasteiger partial charge in [0.05, 0.1) is 0 Å². The predicted octanol–water partition coefficient (Wildman–Crippen LogP) is 3.80. The Labute approximate surface area is 390 Å². The average Bonchev–Trinajstić information content (AvgIpc) is 3.31. The Morgan fingerprint density at radius 1 is 0.390 bits per heavy atom. The van der Waals surface area contributed by atoms with Gasteiger partial charge < -0.3 is 37.2 Å². The number of hydrogen-bond donors (Lipinski definition) is 0. The molecule has 1 unspecified atom stereocenters. The molecule has 1 aliphatic carbocycles. The van der Waals surface area contributed by atoms with E-state index in [1.165, 1.54) is 116 Å². The number of aryl methyl sites for hydroxylation is 9. The molecule has 0 heterocycles. The second-order valence-electron chi connectivity index (χ2n) is 16.9. The van der Waals surface area contributed by atoms with Crippen LogP contribution in [0.4, 0.5) is 0 Å². The van der Waals surface area contributed by atoms with Gasteiger partial charge in [0.25, 0.3) is 0 Å². The molecule has 7 rings (SSSR count). The minimum absolute atomic E-state index is 0. The topological polar surface area (TPSA) is 0 Å². The van der Waals surface area contributed by atoms with Crippen LogP contribution in [0.1, 0.15) is 77.8 Å². The largest absolute Gasteiger partial charge is 4.00 e. The number of hydrogen-bond acceptors (Lipinski definition) is 0. The summed E-state index contributed by atoms with van der Waals surface area (Å²) in [6, 6.07) is 43.0. The van der Waals surface area contributed by atoms with Crippen LogP contribution in [0.15, 0.2) is 126 Å². The summed E-state index contributed by atoms with van der Waals surface area (Å²) in [6.07, 6.45) is 4.18. The summed E-state index contributed by atoms with van der Waals surface area (Å²) in [6.45, 7) is 29.5. The molecule has 0 nitrogen and oxygen atoms in total. The minimum Gasteiger partial charge on any atom is -1.00 e. The van der Waals surface area contributed by atoms with Crippen molar-refractivity contribution in [3.05, 3.63) is 182 Å². The van der Waals surface area contributed by atoms with Crippen LogP contribution < -0.4 is 52.8 Å². The van der Waals surface area contributed by atoms with Crippen molar-refractivity contribution in [1.29, 1.82) is 0 Å². The van der Waals surface area contributed by atoms with E-state index in [1.807, 2.05) is 0 Å². The average molecular weight is 888 g/mol. The van der Waals surface area contributed by atoms with Gasteiger partial charge in [-0.15, -0.1) is 6.92 Å². The number of benzene rings is 6. The van der Waals surface area contributed by atoms with Crippen molar-refractivity contribution in [2.45, 2.75) is 95.0 Å². The van der Waals surface area contributed by atoms with Crippen molar-refractivity contribution in [1.82, 2.24) is 0 Å². The molecule has 5 heteroatoms. The minimum atomic E-state index is -2.93. The Morgan fingerprint density at radius 3 is 0.831 bits per heavy atom. The molecule has 0 saturated carbocycles. The van der Waals surface area contributed by atoms with E-state index in [9.17, 15) is 0 Å². The van der Waals surface area contributed by atoms with Gasteiger partial charge in [0.15, 0.2) is 0 Å². The summed E-state index contributed by atoms with van der Waals surface area (Å²) in [5.74, 6) is 0. The Kier molecular flexibility index (Phi) is 16.2. The molecule has 0 aliphatic heterocycles. The molecular weight excluding hydrogens is 831 g/mol. The zero-order chi connectivity index (χ0) is 39.6. The van der Waals surface area contributed by atoms with Gasteiger partial charge >= 0.3 is 21.7 Å². The van der Waals surface area contributed by atoms with Gasteiger partial charge in [0.1, 0.15) is 8.07 Å². The SMILES string of the molecule is CC1=[C-]C(C)([Si](c2ccc(-c3c(C)cc(C)cc3C)cc2)(c2ccc(-c3c(C)cc(C)cc3C)cc2)c2ccc(-c3c(C)cc(C)cc3C)cc2)C(C)=C1C.[Cl-].[Cl-].[Cl-].[Ti+4]. The van der Waals surface area contributed by atoms with E-state index in [2.05, 4.69) is 205 Å². The van der Waals surface area contributed by atoms with E-state index in [1.54, 1.807) is 0 Å². The van der Waals surface area contributed by atoms with Gasteiger partial charge in [-0.3, -0.25) is 6.08 Å². The maximum atomic E-state index is 4.18. The Balaban J connectivity index is 0.00000233. The molecule has 0 aromatic heterocycles. The molecule has 59 heavy (non-hydrogen) atoms. The van der Waals surface area contributed by atoms with Crippen LogP contribution in [0, 0.1) is 68.4 Å². The maximum Gasteiger partial charge on any atom is 4.00 e. The van der Waals surface area contributed by atoms with Crippen molar-refractivity contribution in [2.75, 3.05) is 0 Å². The van der Waals surface area contributed by atoms with E-state index >= 15 is 0 Å². The molecule has 0 radical (unpaired) electrons. The smallest absolute Gasteiger partial charge is 1.00 e. The van der Waals surface area contributed by atoms with Gasteiger partial charge in [0, 0.05) is 0 Å². The van der Waals surface area contributed by atoms with Gasteiger partial charge in [-0.05, 0) is 145 Å². The molecule has 0 saturated heterocycles. The summed E-state index contributed by atoms with van der Waals surface area (Å²) >= 11 is 0. The van der Waals surface area contributed by atoms with Crippen molar-refractivity contribution in [2.24, 2.45) is 0 Å². The summed E-state index contributed by atoms with van der Waals surface area (Å²) in [5.41, 5.74) is 23.8. The predicted molar refractivity (Wildman–Crippen MR) is 242 cm³/mol. The fraction of sp³-hybridized carbons (Fsp3) is 0.259. The molecule has 1 aliphatic rings. The normalized spacial score (nSPS) is 14.8. The van der Waals surface area contributed by atoms with Crippen LogP contribution >= 0.6 is 0 Å². The molecular formula is C54H57Cl3SiTi. The Hall–Kier alpha value is -3.40. The number of halogens is 3. The van der Waals surface area contributed by atoms with E-state index in [0.29, 0.717) is 0 Å². The monoisotopic (exact) mass is 886 g/mol. The first-order valence-corrected chi connectivity index (χ1v) is 21.9. The zero-order valence-electron chi connectivity index (χ0n) is 37.0. The molecule has 0 fully saturated rings. The van der Waals surface area contributed by atoms with E-state index in [4.69, 9.17) is 0 Å². The first-order chi connectivity index (χ1) is 26.1. The second-order valence-corrected chi connectivity index (χ2v) is 21.2. The molecule has 0 bridgehead atoms. The third kappa shape index (κ3) is 8.59. The Morgan fingerprint density at radius 2 is 0.627 bits per heavy atom. The van der Waals surface area contributed by atoms with Crippen LogP contribution in [0.3, 0.4) is 0 Å². The third-order valence-corrected chi connectivity index (χ3v) is 18.5. The summed E-state index contributed by atoms with van der Waals surface area (Å²) < 4.78 is 0. The number of rotatable bonds is 7. The third-order valence-electron chi connectivity index (χ3n) is 12.9. The first-order valence-electron chi connectivity index (χ1n) is 19.9. The van der Waals surface area contributed by atoms with Crippen LogP contribution in [-0.4, -0.2) is 8.07 Å². The quantitative estimate of drug-likeness (QED) is 0.130. The molecule has 0 spiro atoms. The standard InChI is InChI=1S/C54H57Si.3ClH.Ti/c1-33-26-36(4)51(37(5)27-33)45-14-20-48(21-15-45)55(54(13)32-42(10)43(11)44(54)12,49-22-16-46(17-23-49)52-38(6)28-34(2)29-39(52)7)50-24-18-47(19-25-50)53-40(8)30-35(3)31-41(53)9;;;;/h14-31H,1-13H3;3*1H;/q-1;;;;+4/p-3. The van der Waals surface area contributed by atoms with Gasteiger partial charge in [-0.25, -0.2) is 5.57 Å². The summed E-state index contributed by atoms with van der Waals surface area (Å²) in [5, 5.41) is 3.89. The summed E-state index contributed by atoms with van der Waals surface area (Å²) in [4.78, 5) is 0. The van der Waals surface area contributed by atoms with Crippen LogP contribution in [-0.2, 0) is 21.7 Å². The fourth-order valence-electron chi connectivity index (χ4n) is 10.5. The van der Waals surface area contributed by atoms with Crippen molar-refractivity contribution < 1.29 is 58.9 Å². The van der Waals surface area contributed by atoms with E-state index in [-0.39, 0.29) is 64.0 Å². The van der Waals surface area contributed by atoms with Crippen molar-refractivity contribution in [3.8, 4) is 33.4 Å². The van der Waals surface area contributed by atoms with Crippen LogP contribution in [0.2, 0.25) is 5.04 Å². The van der Waals surface area contributed by atoms with Gasteiger partial charge in [-0.1, -0.05) is 152 Å². The van der Waals surface area contributed by atoms with E-state index in [0.717, 1.165) is 0 Å².